The van der Waals surface area contributed by atoms with E-state index in [1.807, 2.05) is 50.7 Å². The molecule has 2 N–H and O–H groups in total. The van der Waals surface area contributed by atoms with Crippen LogP contribution in [-0.2, 0) is 13.5 Å². The summed E-state index contributed by atoms with van der Waals surface area (Å²) < 4.78 is 7.32. The molecule has 0 spiro atoms. The summed E-state index contributed by atoms with van der Waals surface area (Å²) in [6.07, 6.45) is 0.703. The Morgan fingerprint density at radius 3 is 2.62 bits per heavy atom. The Labute approximate surface area is 193 Å². The van der Waals surface area contributed by atoms with Gasteiger partial charge in [-0.3, -0.25) is 19.8 Å². The van der Waals surface area contributed by atoms with Crippen LogP contribution in [-0.4, -0.2) is 35.3 Å². The summed E-state index contributed by atoms with van der Waals surface area (Å²) in [5.74, 6) is 0.677. The van der Waals surface area contributed by atoms with Crippen LogP contribution in [0.15, 0.2) is 47.5 Å². The number of guanidine groups is 1. The molecule has 3 aromatic rings. The van der Waals surface area contributed by atoms with Crippen LogP contribution >= 0.6 is 11.6 Å². The number of aromatic nitrogens is 2. The second-order valence-corrected chi connectivity index (χ2v) is 7.98. The Balaban J connectivity index is 1.85. The number of hydrogen-bond acceptors (Lipinski definition) is 4. The largest absolute Gasteiger partial charge is 0.495 e. The summed E-state index contributed by atoms with van der Waals surface area (Å²) in [7, 11) is 3.53. The fourth-order valence-corrected chi connectivity index (χ4v) is 3.62. The summed E-state index contributed by atoms with van der Waals surface area (Å²) in [6.45, 7) is 6.49. The van der Waals surface area contributed by atoms with Crippen LogP contribution in [0.4, 0.5) is 5.69 Å². The van der Waals surface area contributed by atoms with Crippen LogP contribution in [0.25, 0.3) is 0 Å². The van der Waals surface area contributed by atoms with Crippen molar-refractivity contribution in [1.82, 2.24) is 15.1 Å². The molecular weight excluding hydrogens is 426 g/mol. The fraction of sp³-hybridized carbons (Fsp3) is 0.292. The highest BCUT2D eigenvalue weighted by Crippen LogP contribution is 2.25. The maximum absolute atomic E-state index is 12.8. The van der Waals surface area contributed by atoms with Gasteiger partial charge in [-0.05, 0) is 68.7 Å². The normalized spacial score (nSPS) is 11.4. The zero-order valence-corrected chi connectivity index (χ0v) is 19.7. The number of benzene rings is 2. The molecule has 32 heavy (non-hydrogen) atoms. The lowest BCUT2D eigenvalue weighted by molar-refractivity contribution is 0.0977. The molecule has 1 aromatic heterocycles. The van der Waals surface area contributed by atoms with Crippen LogP contribution in [0.1, 0.15) is 32.9 Å². The predicted molar refractivity (Wildman–Crippen MR) is 129 cm³/mol. The van der Waals surface area contributed by atoms with Crippen LogP contribution in [0, 0.1) is 20.8 Å². The number of nitrogens with zero attached hydrogens (tertiary/aromatic N) is 3. The van der Waals surface area contributed by atoms with Gasteiger partial charge < -0.3 is 10.1 Å². The number of aliphatic imine (C=N–C) groups is 1. The van der Waals surface area contributed by atoms with Crippen molar-refractivity contribution < 1.29 is 9.53 Å². The standard InChI is InChI=1S/C24H28ClN5O2/c1-15-9-10-22(32-5)21(13-15)27-24(28-23(31)18-7-6-8-19(25)14-18)26-12-11-20-16(2)29-30(4)17(20)3/h6-10,13-14H,11-12H2,1-5H3,(H2,26,27,28,31). The van der Waals surface area contributed by atoms with Crippen molar-refractivity contribution in [1.29, 1.82) is 0 Å². The van der Waals surface area contributed by atoms with Gasteiger partial charge in [0, 0.05) is 29.9 Å². The average molecular weight is 454 g/mol. The fourth-order valence-electron chi connectivity index (χ4n) is 3.43. The minimum atomic E-state index is -0.306. The molecule has 0 saturated heterocycles. The van der Waals surface area contributed by atoms with E-state index in [0.717, 1.165) is 22.5 Å². The van der Waals surface area contributed by atoms with E-state index in [-0.39, 0.29) is 5.91 Å². The van der Waals surface area contributed by atoms with Crippen molar-refractivity contribution in [2.24, 2.45) is 12.0 Å². The second kappa shape index (κ2) is 10.3. The van der Waals surface area contributed by atoms with E-state index in [9.17, 15) is 4.79 Å². The van der Waals surface area contributed by atoms with Crippen molar-refractivity contribution in [2.75, 3.05) is 19.0 Å². The number of methoxy groups -OCH3 is 1. The van der Waals surface area contributed by atoms with Crippen LogP contribution in [0.3, 0.4) is 0 Å². The Kier molecular flexibility index (Phi) is 7.53. The Morgan fingerprint density at radius 2 is 1.97 bits per heavy atom. The first-order chi connectivity index (χ1) is 15.3. The number of carbonyl (C=O) groups excluding carboxylic acids is 1. The first kappa shape index (κ1) is 23.3. The number of amides is 1. The molecular formula is C24H28ClN5O2. The molecule has 8 heteroatoms. The van der Waals surface area contributed by atoms with Crippen molar-refractivity contribution in [2.45, 2.75) is 27.2 Å². The number of hydrogen-bond donors (Lipinski definition) is 2. The molecule has 0 bridgehead atoms. The van der Waals surface area contributed by atoms with Crippen molar-refractivity contribution in [3.8, 4) is 5.75 Å². The van der Waals surface area contributed by atoms with E-state index < -0.39 is 0 Å². The number of anilines is 1. The van der Waals surface area contributed by atoms with Gasteiger partial charge in [-0.2, -0.15) is 5.10 Å². The number of ether oxygens (including phenoxy) is 1. The van der Waals surface area contributed by atoms with Crippen molar-refractivity contribution in [3.63, 3.8) is 0 Å². The van der Waals surface area contributed by atoms with Crippen molar-refractivity contribution in [3.05, 3.63) is 75.6 Å². The minimum absolute atomic E-state index is 0.306. The highest BCUT2D eigenvalue weighted by Gasteiger charge is 2.13. The molecule has 1 heterocycles. The molecule has 0 radical (unpaired) electrons. The van der Waals surface area contributed by atoms with Gasteiger partial charge >= 0.3 is 0 Å². The summed E-state index contributed by atoms with van der Waals surface area (Å²) in [5.41, 5.74) is 5.46. The van der Waals surface area contributed by atoms with E-state index in [1.165, 1.54) is 0 Å². The molecule has 0 aliphatic rings. The zero-order valence-electron chi connectivity index (χ0n) is 19.0. The first-order valence-corrected chi connectivity index (χ1v) is 10.7. The molecule has 7 nitrogen and oxygen atoms in total. The molecule has 0 atom stereocenters. The highest BCUT2D eigenvalue weighted by molar-refractivity contribution is 6.31. The second-order valence-electron chi connectivity index (χ2n) is 7.55. The van der Waals surface area contributed by atoms with E-state index in [0.29, 0.717) is 40.9 Å². The highest BCUT2D eigenvalue weighted by atomic mass is 35.5. The topological polar surface area (TPSA) is 80.5 Å². The van der Waals surface area contributed by atoms with Gasteiger partial charge in [-0.15, -0.1) is 0 Å². The van der Waals surface area contributed by atoms with Gasteiger partial charge in [0.1, 0.15) is 5.75 Å². The molecule has 168 valence electrons. The molecule has 0 aliphatic carbocycles. The average Bonchev–Trinajstić information content (AvgIpc) is 2.99. The molecule has 0 saturated carbocycles. The van der Waals surface area contributed by atoms with Crippen LogP contribution in [0.2, 0.25) is 5.02 Å². The molecule has 3 rings (SSSR count). The van der Waals surface area contributed by atoms with E-state index in [2.05, 4.69) is 20.7 Å². The van der Waals surface area contributed by atoms with Crippen molar-refractivity contribution >= 4 is 29.2 Å². The third kappa shape index (κ3) is 5.68. The minimum Gasteiger partial charge on any atom is -0.495 e. The van der Waals surface area contributed by atoms with Gasteiger partial charge in [0.25, 0.3) is 5.91 Å². The van der Waals surface area contributed by atoms with E-state index >= 15 is 0 Å². The lowest BCUT2D eigenvalue weighted by Gasteiger charge is -2.15. The molecule has 0 unspecified atom stereocenters. The molecule has 0 fully saturated rings. The number of halogens is 1. The quantitative estimate of drug-likeness (QED) is 0.427. The van der Waals surface area contributed by atoms with Gasteiger partial charge in [0.05, 0.1) is 18.5 Å². The van der Waals surface area contributed by atoms with E-state index in [1.54, 1.807) is 31.4 Å². The van der Waals surface area contributed by atoms with Gasteiger partial charge in [0.2, 0.25) is 5.96 Å². The first-order valence-electron chi connectivity index (χ1n) is 10.3. The lowest BCUT2D eigenvalue weighted by Crippen LogP contribution is -2.36. The Morgan fingerprint density at radius 1 is 1.19 bits per heavy atom. The smallest absolute Gasteiger partial charge is 0.258 e. The third-order valence-corrected chi connectivity index (χ3v) is 5.45. The zero-order chi connectivity index (χ0) is 23.3. The SMILES string of the molecule is COc1ccc(C)cc1NC(=NCCc1c(C)nn(C)c1C)NC(=O)c1cccc(Cl)c1. The van der Waals surface area contributed by atoms with Crippen LogP contribution in [0.5, 0.6) is 5.75 Å². The number of rotatable bonds is 6. The molecule has 2 aromatic carbocycles. The number of nitrogens with one attached hydrogen (secondary N) is 2. The predicted octanol–water partition coefficient (Wildman–Crippen LogP) is 4.45. The molecule has 1 amide bonds. The maximum atomic E-state index is 12.8. The van der Waals surface area contributed by atoms with E-state index in [4.69, 9.17) is 16.3 Å². The summed E-state index contributed by atoms with van der Waals surface area (Å²) in [5, 5.41) is 11.0. The summed E-state index contributed by atoms with van der Waals surface area (Å²) in [4.78, 5) is 17.5. The van der Waals surface area contributed by atoms with Gasteiger partial charge in [-0.25, -0.2) is 0 Å². The van der Waals surface area contributed by atoms with Crippen LogP contribution < -0.4 is 15.4 Å². The third-order valence-electron chi connectivity index (χ3n) is 5.22. The monoisotopic (exact) mass is 453 g/mol. The lowest BCUT2D eigenvalue weighted by atomic mass is 10.1. The maximum Gasteiger partial charge on any atom is 0.258 e. The Bertz CT molecular complexity index is 1150. The number of carbonyl (C=O) groups is 1. The summed E-state index contributed by atoms with van der Waals surface area (Å²) in [6, 6.07) is 12.5. The Hall–Kier alpha value is -3.32. The van der Waals surface area contributed by atoms with Gasteiger partial charge in [0.15, 0.2) is 0 Å². The summed E-state index contributed by atoms with van der Waals surface area (Å²) >= 11 is 6.04. The molecule has 0 aliphatic heterocycles. The van der Waals surface area contributed by atoms with Gasteiger partial charge in [-0.1, -0.05) is 23.7 Å². The number of aryl methyl sites for hydroxylation is 3.